The molecule has 3 nitrogen and oxygen atoms in total. The number of anilines is 2. The van der Waals surface area contributed by atoms with Gasteiger partial charge in [0.1, 0.15) is 0 Å². The Labute approximate surface area is 143 Å². The van der Waals surface area contributed by atoms with E-state index < -0.39 is 0 Å². The molecule has 21 heavy (non-hydrogen) atoms. The highest BCUT2D eigenvalue weighted by Gasteiger charge is 2.19. The molecular formula is C16H16ClIN2O. The first-order valence-electron chi connectivity index (χ1n) is 6.65. The van der Waals surface area contributed by atoms with E-state index in [-0.39, 0.29) is 5.91 Å². The molecule has 0 saturated heterocycles. The SMILES string of the molecule is CCCN(C(=O)c1cc(Cl)ccc1I)c1cccc(N)c1. The molecule has 0 heterocycles. The summed E-state index contributed by atoms with van der Waals surface area (Å²) >= 11 is 8.17. The van der Waals surface area contributed by atoms with Crippen molar-refractivity contribution in [2.24, 2.45) is 0 Å². The van der Waals surface area contributed by atoms with Crippen molar-refractivity contribution in [3.8, 4) is 0 Å². The van der Waals surface area contributed by atoms with Gasteiger partial charge in [-0.3, -0.25) is 4.79 Å². The van der Waals surface area contributed by atoms with Gasteiger partial charge >= 0.3 is 0 Å². The zero-order chi connectivity index (χ0) is 15.4. The number of carbonyl (C=O) groups is 1. The van der Waals surface area contributed by atoms with Gasteiger partial charge in [0, 0.05) is 26.5 Å². The quantitative estimate of drug-likeness (QED) is 0.588. The van der Waals surface area contributed by atoms with E-state index in [9.17, 15) is 4.79 Å². The predicted molar refractivity (Wildman–Crippen MR) is 97.0 cm³/mol. The Bertz CT molecular complexity index is 660. The molecule has 2 aromatic carbocycles. The molecule has 0 aromatic heterocycles. The van der Waals surface area contributed by atoms with E-state index in [0.717, 1.165) is 15.7 Å². The van der Waals surface area contributed by atoms with Crippen molar-refractivity contribution in [1.29, 1.82) is 0 Å². The number of halogens is 2. The molecule has 0 aliphatic rings. The number of rotatable bonds is 4. The lowest BCUT2D eigenvalue weighted by Gasteiger charge is -2.23. The number of nitrogens with two attached hydrogens (primary N) is 1. The Morgan fingerprint density at radius 2 is 2.05 bits per heavy atom. The summed E-state index contributed by atoms with van der Waals surface area (Å²) in [5.74, 6) is -0.0608. The second-order valence-corrected chi connectivity index (χ2v) is 6.27. The Balaban J connectivity index is 2.42. The Morgan fingerprint density at radius 1 is 1.29 bits per heavy atom. The van der Waals surface area contributed by atoms with Crippen molar-refractivity contribution in [1.82, 2.24) is 0 Å². The molecule has 1 amide bonds. The molecule has 0 aliphatic heterocycles. The van der Waals surface area contributed by atoms with Crippen LogP contribution in [0.5, 0.6) is 0 Å². The van der Waals surface area contributed by atoms with Crippen LogP contribution in [0.1, 0.15) is 23.7 Å². The molecule has 0 fully saturated rings. The third kappa shape index (κ3) is 3.89. The van der Waals surface area contributed by atoms with Gasteiger partial charge in [0.2, 0.25) is 0 Å². The molecule has 2 aromatic rings. The van der Waals surface area contributed by atoms with E-state index in [0.29, 0.717) is 22.8 Å². The van der Waals surface area contributed by atoms with E-state index in [2.05, 4.69) is 22.6 Å². The minimum absolute atomic E-state index is 0.0608. The van der Waals surface area contributed by atoms with Crippen LogP contribution in [0.15, 0.2) is 42.5 Å². The number of amides is 1. The minimum atomic E-state index is -0.0608. The molecule has 0 atom stereocenters. The van der Waals surface area contributed by atoms with Crippen LogP contribution in [-0.2, 0) is 0 Å². The molecule has 0 saturated carbocycles. The van der Waals surface area contributed by atoms with E-state index >= 15 is 0 Å². The highest BCUT2D eigenvalue weighted by atomic mass is 127. The van der Waals surface area contributed by atoms with Crippen molar-refractivity contribution >= 4 is 51.5 Å². The topological polar surface area (TPSA) is 46.3 Å². The number of hydrogen-bond donors (Lipinski definition) is 1. The summed E-state index contributed by atoms with van der Waals surface area (Å²) in [6.07, 6.45) is 0.859. The van der Waals surface area contributed by atoms with Crippen LogP contribution in [0.2, 0.25) is 5.02 Å². The standard InChI is InChI=1S/C16H16ClIN2O/c1-2-8-20(13-5-3-4-12(19)10-13)16(21)14-9-11(17)6-7-15(14)18/h3-7,9-10H,2,8,19H2,1H3. The van der Waals surface area contributed by atoms with Gasteiger partial charge in [0.15, 0.2) is 0 Å². The monoisotopic (exact) mass is 414 g/mol. The van der Waals surface area contributed by atoms with Crippen LogP contribution in [0.25, 0.3) is 0 Å². The predicted octanol–water partition coefficient (Wildman–Crippen LogP) is 4.58. The van der Waals surface area contributed by atoms with Crippen molar-refractivity contribution in [2.75, 3.05) is 17.2 Å². The van der Waals surface area contributed by atoms with E-state index in [1.807, 2.05) is 31.2 Å². The van der Waals surface area contributed by atoms with Crippen LogP contribution >= 0.6 is 34.2 Å². The highest BCUT2D eigenvalue weighted by molar-refractivity contribution is 14.1. The van der Waals surface area contributed by atoms with Gasteiger partial charge in [0.05, 0.1) is 5.56 Å². The molecular weight excluding hydrogens is 399 g/mol. The number of nitrogens with zero attached hydrogens (tertiary/aromatic N) is 1. The molecule has 0 spiro atoms. The van der Waals surface area contributed by atoms with Crippen molar-refractivity contribution in [3.63, 3.8) is 0 Å². The Kier molecular flexibility index (Phi) is 5.47. The summed E-state index contributed by atoms with van der Waals surface area (Å²) in [6.45, 7) is 2.67. The molecule has 2 N–H and O–H groups in total. The van der Waals surface area contributed by atoms with Gasteiger partial charge in [0.25, 0.3) is 5.91 Å². The van der Waals surface area contributed by atoms with Crippen molar-refractivity contribution in [2.45, 2.75) is 13.3 Å². The van der Waals surface area contributed by atoms with Crippen LogP contribution < -0.4 is 10.6 Å². The second-order valence-electron chi connectivity index (χ2n) is 4.68. The Hall–Kier alpha value is -1.27. The first kappa shape index (κ1) is 16.1. The Morgan fingerprint density at radius 3 is 2.71 bits per heavy atom. The van der Waals surface area contributed by atoms with Gasteiger partial charge in [-0.05, 0) is 65.4 Å². The fourth-order valence-corrected chi connectivity index (χ4v) is 2.81. The number of nitrogen functional groups attached to an aromatic ring is 1. The lowest BCUT2D eigenvalue weighted by molar-refractivity contribution is 0.0986. The summed E-state index contributed by atoms with van der Waals surface area (Å²) in [7, 11) is 0. The maximum Gasteiger partial charge on any atom is 0.259 e. The fraction of sp³-hybridized carbons (Fsp3) is 0.188. The normalized spacial score (nSPS) is 10.4. The average Bonchev–Trinajstić information content (AvgIpc) is 2.46. The zero-order valence-electron chi connectivity index (χ0n) is 11.6. The number of carbonyl (C=O) groups excluding carboxylic acids is 1. The summed E-state index contributed by atoms with van der Waals surface area (Å²) in [5.41, 5.74) is 7.88. The highest BCUT2D eigenvalue weighted by Crippen LogP contribution is 2.24. The van der Waals surface area contributed by atoms with Gasteiger partial charge < -0.3 is 10.6 Å². The fourth-order valence-electron chi connectivity index (χ4n) is 2.07. The molecule has 5 heteroatoms. The number of hydrogen-bond acceptors (Lipinski definition) is 2. The van der Waals surface area contributed by atoms with Crippen LogP contribution in [0, 0.1) is 3.57 Å². The summed E-state index contributed by atoms with van der Waals surface area (Å²) in [5, 5.41) is 0.558. The maximum atomic E-state index is 12.8. The largest absolute Gasteiger partial charge is 0.399 e. The first-order valence-corrected chi connectivity index (χ1v) is 8.11. The second kappa shape index (κ2) is 7.13. The molecule has 0 bridgehead atoms. The van der Waals surface area contributed by atoms with Crippen molar-refractivity contribution < 1.29 is 4.79 Å². The lowest BCUT2D eigenvalue weighted by Crippen LogP contribution is -2.32. The lowest BCUT2D eigenvalue weighted by atomic mass is 10.1. The van der Waals surface area contributed by atoms with Gasteiger partial charge in [-0.2, -0.15) is 0 Å². The maximum absolute atomic E-state index is 12.8. The average molecular weight is 415 g/mol. The summed E-state index contributed by atoms with van der Waals surface area (Å²) in [6, 6.07) is 12.7. The smallest absolute Gasteiger partial charge is 0.259 e. The zero-order valence-corrected chi connectivity index (χ0v) is 14.6. The van der Waals surface area contributed by atoms with Gasteiger partial charge in [-0.15, -0.1) is 0 Å². The van der Waals surface area contributed by atoms with Crippen LogP contribution in [0.4, 0.5) is 11.4 Å². The first-order chi connectivity index (χ1) is 10.0. The van der Waals surface area contributed by atoms with Gasteiger partial charge in [-0.25, -0.2) is 0 Å². The minimum Gasteiger partial charge on any atom is -0.399 e. The number of benzene rings is 2. The van der Waals surface area contributed by atoms with Crippen molar-refractivity contribution in [3.05, 3.63) is 56.6 Å². The van der Waals surface area contributed by atoms with Gasteiger partial charge in [-0.1, -0.05) is 24.6 Å². The third-order valence-corrected chi connectivity index (χ3v) is 4.21. The van der Waals surface area contributed by atoms with E-state index in [1.54, 1.807) is 23.1 Å². The molecule has 110 valence electrons. The van der Waals surface area contributed by atoms with Crippen LogP contribution in [0.3, 0.4) is 0 Å². The summed E-state index contributed by atoms with van der Waals surface area (Å²) in [4.78, 5) is 14.6. The van der Waals surface area contributed by atoms with Crippen LogP contribution in [-0.4, -0.2) is 12.5 Å². The van der Waals surface area contributed by atoms with E-state index in [1.165, 1.54) is 0 Å². The molecule has 2 rings (SSSR count). The molecule has 0 unspecified atom stereocenters. The molecule has 0 radical (unpaired) electrons. The third-order valence-electron chi connectivity index (χ3n) is 3.03. The molecule has 0 aliphatic carbocycles. The van der Waals surface area contributed by atoms with E-state index in [4.69, 9.17) is 17.3 Å². The summed E-state index contributed by atoms with van der Waals surface area (Å²) < 4.78 is 0.881.